The monoisotopic (exact) mass is 375 g/mol. The highest BCUT2D eigenvalue weighted by Gasteiger charge is 2.06. The molecule has 0 fully saturated rings. The molecule has 3 aromatic carbocycles. The smallest absolute Gasteiger partial charge is 0.248 e. The van der Waals surface area contributed by atoms with E-state index >= 15 is 0 Å². The Labute approximate surface area is 163 Å². The summed E-state index contributed by atoms with van der Waals surface area (Å²) in [6.45, 7) is 0.446. The lowest BCUT2D eigenvalue weighted by Gasteiger charge is -2.11. The predicted molar refractivity (Wildman–Crippen MR) is 110 cm³/mol. The van der Waals surface area contributed by atoms with Crippen LogP contribution in [0.5, 0.6) is 17.2 Å². The van der Waals surface area contributed by atoms with Gasteiger partial charge in [-0.1, -0.05) is 36.4 Å². The zero-order chi connectivity index (χ0) is 19.8. The molecule has 3 rings (SSSR count). The van der Waals surface area contributed by atoms with E-state index in [1.807, 2.05) is 48.5 Å². The molecule has 0 heterocycles. The van der Waals surface area contributed by atoms with Crippen LogP contribution >= 0.6 is 0 Å². The van der Waals surface area contributed by atoms with Gasteiger partial charge in [-0.3, -0.25) is 4.79 Å². The number of hydrogen-bond acceptors (Lipinski definition) is 4. The summed E-state index contributed by atoms with van der Waals surface area (Å²) >= 11 is 0. The van der Waals surface area contributed by atoms with Gasteiger partial charge in [-0.2, -0.15) is 0 Å². The summed E-state index contributed by atoms with van der Waals surface area (Å²) in [5, 5.41) is 12.0. The number of hydrogen-bond donors (Lipinski definition) is 2. The number of carbonyl (C=O) groups excluding carboxylic acids is 1. The first-order chi connectivity index (χ1) is 13.6. The van der Waals surface area contributed by atoms with Crippen LogP contribution in [-0.4, -0.2) is 18.1 Å². The molecule has 0 aliphatic rings. The normalized spacial score (nSPS) is 10.6. The number of ether oxygens (including phenoxy) is 2. The van der Waals surface area contributed by atoms with Crippen molar-refractivity contribution >= 4 is 17.7 Å². The Kier molecular flexibility index (Phi) is 6.31. The highest BCUT2D eigenvalue weighted by atomic mass is 16.5. The summed E-state index contributed by atoms with van der Waals surface area (Å²) in [5.74, 6) is 1.11. The number of benzene rings is 3. The lowest BCUT2D eigenvalue weighted by molar-refractivity contribution is -0.111. The molecule has 0 saturated heterocycles. The first kappa shape index (κ1) is 19.0. The van der Waals surface area contributed by atoms with Crippen LogP contribution in [-0.2, 0) is 11.4 Å². The maximum Gasteiger partial charge on any atom is 0.248 e. The largest absolute Gasteiger partial charge is 0.508 e. The van der Waals surface area contributed by atoms with Gasteiger partial charge in [0.25, 0.3) is 0 Å². The number of phenols is 1. The van der Waals surface area contributed by atoms with Gasteiger partial charge < -0.3 is 19.9 Å². The van der Waals surface area contributed by atoms with Crippen molar-refractivity contribution in [2.24, 2.45) is 0 Å². The molecule has 28 heavy (non-hydrogen) atoms. The van der Waals surface area contributed by atoms with Crippen LogP contribution in [0.2, 0.25) is 0 Å². The average Bonchev–Trinajstić information content (AvgIpc) is 2.73. The van der Waals surface area contributed by atoms with Crippen molar-refractivity contribution in [3.05, 3.63) is 90.0 Å². The molecule has 5 heteroatoms. The molecule has 0 radical (unpaired) electrons. The van der Waals surface area contributed by atoms with Crippen LogP contribution in [0.1, 0.15) is 11.1 Å². The van der Waals surface area contributed by atoms with Gasteiger partial charge in [0, 0.05) is 11.8 Å². The second-order valence-corrected chi connectivity index (χ2v) is 6.05. The fourth-order valence-electron chi connectivity index (χ4n) is 2.54. The van der Waals surface area contributed by atoms with E-state index in [-0.39, 0.29) is 11.7 Å². The van der Waals surface area contributed by atoms with Crippen molar-refractivity contribution in [2.75, 3.05) is 12.4 Å². The standard InChI is InChI=1S/C23H21NO4/c1-27-22-15-17(7-13-21(22)28-16-18-5-3-2-4-6-18)8-14-23(26)24-19-9-11-20(25)12-10-19/h2-15,25H,16H2,1H3,(H,24,26)/b14-8+. The van der Waals surface area contributed by atoms with Crippen molar-refractivity contribution in [3.8, 4) is 17.2 Å². The van der Waals surface area contributed by atoms with E-state index in [1.54, 1.807) is 25.3 Å². The van der Waals surface area contributed by atoms with E-state index < -0.39 is 0 Å². The summed E-state index contributed by atoms with van der Waals surface area (Å²) in [6.07, 6.45) is 3.13. The van der Waals surface area contributed by atoms with Crippen LogP contribution in [0, 0.1) is 0 Å². The van der Waals surface area contributed by atoms with Crippen molar-refractivity contribution in [2.45, 2.75) is 6.61 Å². The van der Waals surface area contributed by atoms with Crippen molar-refractivity contribution < 1.29 is 19.4 Å². The summed E-state index contributed by atoms with van der Waals surface area (Å²) in [7, 11) is 1.58. The molecule has 2 N–H and O–H groups in total. The third-order valence-electron chi connectivity index (χ3n) is 3.99. The molecule has 0 spiro atoms. The second-order valence-electron chi connectivity index (χ2n) is 6.05. The number of rotatable bonds is 7. The zero-order valence-corrected chi connectivity index (χ0v) is 15.5. The van der Waals surface area contributed by atoms with E-state index in [0.717, 1.165) is 11.1 Å². The molecule has 0 saturated carbocycles. The molecule has 0 aliphatic carbocycles. The molecule has 0 aromatic heterocycles. The Balaban J connectivity index is 1.63. The molecule has 0 bridgehead atoms. The second kappa shape index (κ2) is 9.28. The molecule has 5 nitrogen and oxygen atoms in total. The van der Waals surface area contributed by atoms with Crippen molar-refractivity contribution in [1.29, 1.82) is 0 Å². The van der Waals surface area contributed by atoms with Gasteiger partial charge in [0.2, 0.25) is 5.91 Å². The highest BCUT2D eigenvalue weighted by molar-refractivity contribution is 6.01. The van der Waals surface area contributed by atoms with Crippen LogP contribution in [0.15, 0.2) is 78.9 Å². The summed E-state index contributed by atoms with van der Waals surface area (Å²) in [4.78, 5) is 12.0. The van der Waals surface area contributed by atoms with Crippen molar-refractivity contribution in [1.82, 2.24) is 0 Å². The Morgan fingerprint density at radius 3 is 2.46 bits per heavy atom. The first-order valence-electron chi connectivity index (χ1n) is 8.77. The van der Waals surface area contributed by atoms with Gasteiger partial charge in [-0.25, -0.2) is 0 Å². The van der Waals surface area contributed by atoms with Gasteiger partial charge in [0.1, 0.15) is 12.4 Å². The number of aromatic hydroxyl groups is 1. The third kappa shape index (κ3) is 5.38. The number of methoxy groups -OCH3 is 1. The summed E-state index contributed by atoms with van der Waals surface area (Å²) < 4.78 is 11.2. The van der Waals surface area contributed by atoms with Gasteiger partial charge >= 0.3 is 0 Å². The SMILES string of the molecule is COc1cc(/C=C/C(=O)Nc2ccc(O)cc2)ccc1OCc1ccccc1. The minimum Gasteiger partial charge on any atom is -0.508 e. The molecule has 1 amide bonds. The lowest BCUT2D eigenvalue weighted by atomic mass is 10.2. The van der Waals surface area contributed by atoms with Gasteiger partial charge in [0.05, 0.1) is 7.11 Å². The molecular weight excluding hydrogens is 354 g/mol. The van der Waals surface area contributed by atoms with Crippen LogP contribution < -0.4 is 14.8 Å². The zero-order valence-electron chi connectivity index (χ0n) is 15.5. The maximum absolute atomic E-state index is 12.0. The third-order valence-corrected chi connectivity index (χ3v) is 3.99. The number of amides is 1. The maximum atomic E-state index is 12.0. The Hall–Kier alpha value is -3.73. The van der Waals surface area contributed by atoms with E-state index in [1.165, 1.54) is 18.2 Å². The Bertz CT molecular complexity index is 950. The summed E-state index contributed by atoms with van der Waals surface area (Å²) in [6, 6.07) is 21.6. The van der Waals surface area contributed by atoms with Crippen LogP contribution in [0.3, 0.4) is 0 Å². The van der Waals surface area contributed by atoms with Gasteiger partial charge in [-0.05, 0) is 53.6 Å². The number of carbonyl (C=O) groups is 1. The molecule has 0 atom stereocenters. The number of nitrogens with one attached hydrogen (secondary N) is 1. The number of phenolic OH excluding ortho intramolecular Hbond substituents is 1. The molecule has 0 unspecified atom stereocenters. The quantitative estimate of drug-likeness (QED) is 0.467. The van der Waals surface area contributed by atoms with Gasteiger partial charge in [0.15, 0.2) is 11.5 Å². The first-order valence-corrected chi connectivity index (χ1v) is 8.77. The molecular formula is C23H21NO4. The molecule has 3 aromatic rings. The van der Waals surface area contributed by atoms with Crippen LogP contribution in [0.4, 0.5) is 5.69 Å². The number of anilines is 1. The predicted octanol–water partition coefficient (Wildman–Crippen LogP) is 4.63. The van der Waals surface area contributed by atoms with E-state index in [0.29, 0.717) is 23.8 Å². The minimum absolute atomic E-state index is 0.148. The molecule has 0 aliphatic heterocycles. The topological polar surface area (TPSA) is 67.8 Å². The van der Waals surface area contributed by atoms with E-state index in [2.05, 4.69) is 5.32 Å². The minimum atomic E-state index is -0.269. The Morgan fingerprint density at radius 2 is 1.75 bits per heavy atom. The van der Waals surface area contributed by atoms with Gasteiger partial charge in [-0.15, -0.1) is 0 Å². The lowest BCUT2D eigenvalue weighted by Crippen LogP contribution is -2.07. The summed E-state index contributed by atoms with van der Waals surface area (Å²) in [5.41, 5.74) is 2.49. The average molecular weight is 375 g/mol. The van der Waals surface area contributed by atoms with E-state index in [4.69, 9.17) is 9.47 Å². The van der Waals surface area contributed by atoms with Crippen LogP contribution in [0.25, 0.3) is 6.08 Å². The molecule has 142 valence electrons. The Morgan fingerprint density at radius 1 is 1.00 bits per heavy atom. The van der Waals surface area contributed by atoms with Crippen molar-refractivity contribution in [3.63, 3.8) is 0 Å². The fraction of sp³-hybridized carbons (Fsp3) is 0.0870. The van der Waals surface area contributed by atoms with E-state index in [9.17, 15) is 9.90 Å². The highest BCUT2D eigenvalue weighted by Crippen LogP contribution is 2.29. The fourth-order valence-corrected chi connectivity index (χ4v) is 2.54.